The highest BCUT2D eigenvalue weighted by atomic mass is 31.0. The highest BCUT2D eigenvalue weighted by Gasteiger charge is 1.54. The van der Waals surface area contributed by atoms with E-state index in [2.05, 4.69) is 0 Å². The SMILES string of the molecule is NCCN.O=P. The van der Waals surface area contributed by atoms with Gasteiger partial charge in [0.2, 0.25) is 0 Å². The Labute approximate surface area is 39.3 Å². The van der Waals surface area contributed by atoms with Crippen LogP contribution in [0.3, 0.4) is 0 Å². The van der Waals surface area contributed by atoms with Gasteiger partial charge in [0, 0.05) is 13.1 Å². The first-order valence-corrected chi connectivity index (χ1v) is 1.93. The van der Waals surface area contributed by atoms with Crippen LogP contribution in [0.4, 0.5) is 0 Å². The molecule has 0 aromatic heterocycles. The monoisotopic (exact) mass is 108 g/mol. The number of nitrogens with two attached hydrogens (primary N) is 2. The van der Waals surface area contributed by atoms with E-state index in [4.69, 9.17) is 16.0 Å². The first kappa shape index (κ1) is 9.39. The lowest BCUT2D eigenvalue weighted by molar-refractivity contribution is 0.607. The lowest BCUT2D eigenvalue weighted by Crippen LogP contribution is -2.11. The molecule has 0 aliphatic heterocycles. The van der Waals surface area contributed by atoms with Crippen molar-refractivity contribution in [3.05, 3.63) is 0 Å². The molecule has 0 fully saturated rings. The van der Waals surface area contributed by atoms with E-state index in [-0.39, 0.29) is 0 Å². The van der Waals surface area contributed by atoms with Gasteiger partial charge in [0.05, 0.1) is 0 Å². The fourth-order valence-electron chi connectivity index (χ4n) is 0. The Morgan fingerprint density at radius 2 is 1.33 bits per heavy atom. The Bertz CT molecular complexity index is 19.0. The fourth-order valence-corrected chi connectivity index (χ4v) is 0. The first-order valence-electron chi connectivity index (χ1n) is 1.52. The number of rotatable bonds is 1. The normalized spacial score (nSPS) is 5.67. The summed E-state index contributed by atoms with van der Waals surface area (Å²) in [6, 6.07) is 0. The van der Waals surface area contributed by atoms with E-state index in [1.165, 1.54) is 0 Å². The van der Waals surface area contributed by atoms with E-state index in [9.17, 15) is 0 Å². The first-order chi connectivity index (χ1) is 2.91. The summed E-state index contributed by atoms with van der Waals surface area (Å²) in [5.74, 6) is 0. The Kier molecular flexibility index (Phi) is 31.1. The second-order valence-corrected chi connectivity index (χ2v) is 0.577. The number of hydrogen-bond acceptors (Lipinski definition) is 3. The van der Waals surface area contributed by atoms with Crippen molar-refractivity contribution < 1.29 is 4.57 Å². The van der Waals surface area contributed by atoms with Crippen molar-refractivity contribution in [3.8, 4) is 0 Å². The molecular weight excluding hydrogens is 99.0 g/mol. The van der Waals surface area contributed by atoms with Gasteiger partial charge in [0.15, 0.2) is 0 Å². The quantitative estimate of drug-likeness (QED) is 0.440. The molecule has 0 saturated carbocycles. The van der Waals surface area contributed by atoms with Crippen LogP contribution < -0.4 is 11.5 Å². The molecule has 0 amide bonds. The van der Waals surface area contributed by atoms with Crippen molar-refractivity contribution in [3.63, 3.8) is 0 Å². The minimum Gasteiger partial charge on any atom is -0.329 e. The van der Waals surface area contributed by atoms with Crippen LogP contribution in [0, 0.1) is 0 Å². The topological polar surface area (TPSA) is 69.1 Å². The van der Waals surface area contributed by atoms with Crippen molar-refractivity contribution in [2.24, 2.45) is 11.5 Å². The van der Waals surface area contributed by atoms with Crippen LogP contribution in [0.15, 0.2) is 0 Å². The highest BCUT2D eigenvalue weighted by Crippen LogP contribution is 1.24. The maximum atomic E-state index is 8.06. The minimum atomic E-state index is 0.597. The van der Waals surface area contributed by atoms with E-state index in [0.717, 1.165) is 0 Å². The maximum absolute atomic E-state index is 8.06. The van der Waals surface area contributed by atoms with Crippen molar-refractivity contribution in [1.82, 2.24) is 0 Å². The van der Waals surface area contributed by atoms with Gasteiger partial charge in [-0.15, -0.1) is 0 Å². The summed E-state index contributed by atoms with van der Waals surface area (Å²) >= 11 is 0. The standard InChI is InChI=1S/C2H8N2.HOP/c3-1-2-4;1-2/h1-4H2;2H. The third-order valence-electron chi connectivity index (χ3n) is 0.167. The van der Waals surface area contributed by atoms with Gasteiger partial charge in [-0.2, -0.15) is 0 Å². The van der Waals surface area contributed by atoms with E-state index in [0.29, 0.717) is 13.1 Å². The zero-order valence-electron chi connectivity index (χ0n) is 3.48. The van der Waals surface area contributed by atoms with E-state index < -0.39 is 0 Å². The molecule has 0 aromatic carbocycles. The van der Waals surface area contributed by atoms with Crippen molar-refractivity contribution in [2.45, 2.75) is 0 Å². The molecule has 3 nitrogen and oxygen atoms in total. The third-order valence-corrected chi connectivity index (χ3v) is 0.167. The summed E-state index contributed by atoms with van der Waals surface area (Å²) in [6.07, 6.45) is 0. The van der Waals surface area contributed by atoms with E-state index >= 15 is 0 Å². The van der Waals surface area contributed by atoms with E-state index in [1.54, 1.807) is 9.12 Å². The molecule has 0 aliphatic carbocycles. The molecule has 0 rings (SSSR count). The average Bonchev–Trinajstić information content (AvgIpc) is 1.72. The summed E-state index contributed by atoms with van der Waals surface area (Å²) < 4.78 is 8.06. The molecular formula is C2H9N2OP. The molecule has 4 N–H and O–H groups in total. The summed E-state index contributed by atoms with van der Waals surface area (Å²) in [4.78, 5) is 0. The van der Waals surface area contributed by atoms with Crippen LogP contribution in [0.2, 0.25) is 0 Å². The largest absolute Gasteiger partial charge is 0.329 e. The van der Waals surface area contributed by atoms with Crippen molar-refractivity contribution >= 4 is 9.12 Å². The molecule has 0 aliphatic rings. The average molecular weight is 108 g/mol. The van der Waals surface area contributed by atoms with Gasteiger partial charge < -0.3 is 11.5 Å². The highest BCUT2D eigenvalue weighted by molar-refractivity contribution is 7.00. The van der Waals surface area contributed by atoms with Crippen LogP contribution in [0.1, 0.15) is 0 Å². The molecule has 0 radical (unpaired) electrons. The van der Waals surface area contributed by atoms with Crippen LogP contribution in [-0.4, -0.2) is 13.1 Å². The summed E-state index contributed by atoms with van der Waals surface area (Å²) in [7, 11) is 1.72. The Balaban J connectivity index is 0. The zero-order chi connectivity index (χ0) is 5.41. The Morgan fingerprint density at radius 1 is 1.17 bits per heavy atom. The van der Waals surface area contributed by atoms with Gasteiger partial charge in [-0.1, -0.05) is 0 Å². The number of hydrogen-bond donors (Lipinski definition) is 2. The molecule has 38 valence electrons. The smallest absolute Gasteiger partial charge is 0.138 e. The lowest BCUT2D eigenvalue weighted by Gasteiger charge is -1.72. The summed E-state index contributed by atoms with van der Waals surface area (Å²) in [6.45, 7) is 1.19. The van der Waals surface area contributed by atoms with E-state index in [1.807, 2.05) is 0 Å². The zero-order valence-corrected chi connectivity index (χ0v) is 4.48. The molecule has 0 spiro atoms. The van der Waals surface area contributed by atoms with Gasteiger partial charge in [-0.3, -0.25) is 4.57 Å². The lowest BCUT2D eigenvalue weighted by atomic mass is 10.7. The molecule has 6 heavy (non-hydrogen) atoms. The third kappa shape index (κ3) is 35.2. The summed E-state index contributed by atoms with van der Waals surface area (Å²) in [5.41, 5.74) is 9.81. The van der Waals surface area contributed by atoms with Crippen LogP contribution in [0.5, 0.6) is 0 Å². The predicted octanol–water partition coefficient (Wildman–Crippen LogP) is -0.621. The second-order valence-electron chi connectivity index (χ2n) is 0.577. The molecule has 0 aromatic rings. The maximum Gasteiger partial charge on any atom is 0.138 e. The molecule has 0 unspecified atom stereocenters. The van der Waals surface area contributed by atoms with Crippen molar-refractivity contribution in [1.29, 1.82) is 0 Å². The molecule has 0 heterocycles. The molecule has 0 saturated heterocycles. The van der Waals surface area contributed by atoms with Crippen LogP contribution in [-0.2, 0) is 4.57 Å². The van der Waals surface area contributed by atoms with Gasteiger partial charge in [0.25, 0.3) is 0 Å². The van der Waals surface area contributed by atoms with Crippen LogP contribution in [0.25, 0.3) is 0 Å². The molecule has 0 atom stereocenters. The van der Waals surface area contributed by atoms with Gasteiger partial charge >= 0.3 is 0 Å². The second kappa shape index (κ2) is 19.9. The van der Waals surface area contributed by atoms with Gasteiger partial charge in [-0.05, 0) is 0 Å². The molecule has 4 heteroatoms. The summed E-state index contributed by atoms with van der Waals surface area (Å²) in [5, 5.41) is 0. The Morgan fingerprint density at radius 3 is 1.33 bits per heavy atom. The van der Waals surface area contributed by atoms with Gasteiger partial charge in [-0.25, -0.2) is 0 Å². The van der Waals surface area contributed by atoms with Gasteiger partial charge in [0.1, 0.15) is 9.12 Å². The molecule has 0 bridgehead atoms. The predicted molar refractivity (Wildman–Crippen MR) is 27.1 cm³/mol. The van der Waals surface area contributed by atoms with Crippen LogP contribution >= 0.6 is 9.12 Å². The fraction of sp³-hybridized carbons (Fsp3) is 1.00. The minimum absolute atomic E-state index is 0.597. The van der Waals surface area contributed by atoms with Crippen molar-refractivity contribution in [2.75, 3.05) is 13.1 Å². The Hall–Kier alpha value is 0.0200.